The summed E-state index contributed by atoms with van der Waals surface area (Å²) in [6.07, 6.45) is 1.76. The van der Waals surface area contributed by atoms with Crippen LogP contribution < -0.4 is 0 Å². The molecule has 1 amide bonds. The van der Waals surface area contributed by atoms with Crippen LogP contribution in [0.15, 0.2) is 36.5 Å². The van der Waals surface area contributed by atoms with E-state index in [1.807, 2.05) is 30.3 Å². The Morgan fingerprint density at radius 2 is 1.83 bits per heavy atom. The second-order valence-corrected chi connectivity index (χ2v) is 5.88. The predicted molar refractivity (Wildman–Crippen MR) is 83.9 cm³/mol. The van der Waals surface area contributed by atoms with Gasteiger partial charge in [0, 0.05) is 31.5 Å². The van der Waals surface area contributed by atoms with Crippen molar-refractivity contribution in [3.8, 4) is 11.3 Å². The number of hydrogen-bond acceptors (Lipinski definition) is 5. The molecule has 2 heterocycles. The van der Waals surface area contributed by atoms with Gasteiger partial charge in [-0.2, -0.15) is 0 Å². The Kier molecular flexibility index (Phi) is 4.30. The number of carboxylic acids is 1. The van der Waals surface area contributed by atoms with E-state index >= 15 is 0 Å². The van der Waals surface area contributed by atoms with E-state index in [9.17, 15) is 14.7 Å². The molecule has 8 nitrogen and oxygen atoms in total. The van der Waals surface area contributed by atoms with Gasteiger partial charge < -0.3 is 15.1 Å². The van der Waals surface area contributed by atoms with Gasteiger partial charge in [-0.05, 0) is 0 Å². The molecular weight excluding hydrogens is 312 g/mol. The van der Waals surface area contributed by atoms with Crippen LogP contribution in [0.3, 0.4) is 0 Å². The van der Waals surface area contributed by atoms with Crippen LogP contribution in [0, 0.1) is 0 Å². The zero-order chi connectivity index (χ0) is 17.2. The number of aliphatic carboxylic acids is 1. The smallest absolute Gasteiger partial charge is 0.335 e. The van der Waals surface area contributed by atoms with Gasteiger partial charge >= 0.3 is 5.97 Å². The summed E-state index contributed by atoms with van der Waals surface area (Å²) in [6.45, 7) is 0.453. The molecule has 1 saturated heterocycles. The fraction of sp³-hybridized carbons (Fsp3) is 0.375. The van der Waals surface area contributed by atoms with E-state index in [4.69, 9.17) is 5.11 Å². The van der Waals surface area contributed by atoms with Crippen LogP contribution in [0.2, 0.25) is 0 Å². The van der Waals surface area contributed by atoms with E-state index in [0.29, 0.717) is 5.69 Å². The van der Waals surface area contributed by atoms with Gasteiger partial charge in [-0.15, -0.1) is 5.10 Å². The third-order valence-corrected chi connectivity index (χ3v) is 4.25. The Bertz CT molecular complexity index is 736. The highest BCUT2D eigenvalue weighted by molar-refractivity contribution is 5.79. The summed E-state index contributed by atoms with van der Waals surface area (Å²) in [7, 11) is 0. The number of rotatable bonds is 4. The number of aliphatic hydroxyl groups is 1. The monoisotopic (exact) mass is 330 g/mol. The zero-order valence-corrected chi connectivity index (χ0v) is 13.0. The number of amides is 1. The van der Waals surface area contributed by atoms with Gasteiger partial charge in [-0.1, -0.05) is 35.5 Å². The Hall–Kier alpha value is -2.74. The number of carbonyl (C=O) groups is 2. The maximum Gasteiger partial charge on any atom is 0.335 e. The summed E-state index contributed by atoms with van der Waals surface area (Å²) in [5, 5.41) is 26.9. The molecule has 8 heteroatoms. The van der Waals surface area contributed by atoms with Crippen LogP contribution in [0.25, 0.3) is 11.3 Å². The largest absolute Gasteiger partial charge is 0.479 e. The van der Waals surface area contributed by atoms with E-state index < -0.39 is 11.6 Å². The van der Waals surface area contributed by atoms with Gasteiger partial charge in [0.1, 0.15) is 12.2 Å². The molecular formula is C16H18N4O4. The van der Waals surface area contributed by atoms with Crippen LogP contribution in [0.1, 0.15) is 12.8 Å². The quantitative estimate of drug-likeness (QED) is 0.839. The molecule has 0 bridgehead atoms. The number of carbonyl (C=O) groups excluding carboxylic acids is 1. The maximum atomic E-state index is 12.3. The van der Waals surface area contributed by atoms with Crippen LogP contribution in [0.5, 0.6) is 0 Å². The van der Waals surface area contributed by atoms with Gasteiger partial charge in [0.15, 0.2) is 5.60 Å². The lowest BCUT2D eigenvalue weighted by atomic mass is 9.91. The van der Waals surface area contributed by atoms with Crippen LogP contribution >= 0.6 is 0 Å². The molecule has 2 N–H and O–H groups in total. The lowest BCUT2D eigenvalue weighted by Crippen LogP contribution is -2.51. The Balaban J connectivity index is 1.60. The molecule has 0 aliphatic carbocycles. The normalized spacial score (nSPS) is 16.8. The number of carboxylic acid groups (broad SMARTS) is 1. The molecule has 126 valence electrons. The Labute approximate surface area is 138 Å². The third kappa shape index (κ3) is 3.28. The van der Waals surface area contributed by atoms with Crippen LogP contribution in [-0.2, 0) is 16.1 Å². The second kappa shape index (κ2) is 6.40. The number of nitrogens with zero attached hydrogens (tertiary/aromatic N) is 4. The molecule has 0 unspecified atom stereocenters. The van der Waals surface area contributed by atoms with Crippen molar-refractivity contribution in [3.63, 3.8) is 0 Å². The molecule has 1 aromatic heterocycles. The van der Waals surface area contributed by atoms with E-state index in [-0.39, 0.29) is 38.4 Å². The van der Waals surface area contributed by atoms with Crippen molar-refractivity contribution in [1.29, 1.82) is 0 Å². The second-order valence-electron chi connectivity index (χ2n) is 5.88. The highest BCUT2D eigenvalue weighted by atomic mass is 16.4. The van der Waals surface area contributed by atoms with E-state index in [1.165, 1.54) is 4.68 Å². The van der Waals surface area contributed by atoms with Crippen molar-refractivity contribution >= 4 is 11.9 Å². The first kappa shape index (κ1) is 16.1. The number of aromatic nitrogens is 3. The number of piperidine rings is 1. The molecule has 24 heavy (non-hydrogen) atoms. The summed E-state index contributed by atoms with van der Waals surface area (Å²) >= 11 is 0. The van der Waals surface area contributed by atoms with Crippen molar-refractivity contribution in [2.45, 2.75) is 25.0 Å². The average Bonchev–Trinajstić information content (AvgIpc) is 3.04. The molecule has 1 fully saturated rings. The summed E-state index contributed by atoms with van der Waals surface area (Å²) in [5.74, 6) is -1.41. The number of likely N-dealkylation sites (tertiary alicyclic amines) is 1. The Morgan fingerprint density at radius 3 is 2.46 bits per heavy atom. The molecule has 0 saturated carbocycles. The summed E-state index contributed by atoms with van der Waals surface area (Å²) in [4.78, 5) is 24.9. The molecule has 0 atom stereocenters. The molecule has 1 aliphatic rings. The zero-order valence-electron chi connectivity index (χ0n) is 13.0. The van der Waals surface area contributed by atoms with E-state index in [2.05, 4.69) is 10.3 Å². The standard InChI is InChI=1S/C16H18N4O4/c21-14(19-8-6-16(24,7-9-19)15(22)23)11-20-10-13(17-18-20)12-4-2-1-3-5-12/h1-5,10,24H,6-9,11H2,(H,22,23). The van der Waals surface area contributed by atoms with Gasteiger partial charge in [-0.3, -0.25) is 4.79 Å². The van der Waals surface area contributed by atoms with Gasteiger partial charge in [0.05, 0.1) is 6.20 Å². The van der Waals surface area contributed by atoms with Crippen LogP contribution in [-0.4, -0.2) is 60.7 Å². The molecule has 2 aromatic rings. The fourth-order valence-corrected chi connectivity index (χ4v) is 2.70. The van der Waals surface area contributed by atoms with Gasteiger partial charge in [-0.25, -0.2) is 9.48 Å². The van der Waals surface area contributed by atoms with Crippen molar-refractivity contribution in [1.82, 2.24) is 19.9 Å². The lowest BCUT2D eigenvalue weighted by Gasteiger charge is -2.35. The van der Waals surface area contributed by atoms with E-state index in [0.717, 1.165) is 5.56 Å². The fourth-order valence-electron chi connectivity index (χ4n) is 2.70. The minimum absolute atomic E-state index is 0.0285. The first-order valence-electron chi connectivity index (χ1n) is 7.67. The van der Waals surface area contributed by atoms with Gasteiger partial charge in [0.2, 0.25) is 5.91 Å². The summed E-state index contributed by atoms with van der Waals surface area (Å²) < 4.78 is 1.46. The SMILES string of the molecule is O=C(Cn1cc(-c2ccccc2)nn1)N1CCC(O)(C(=O)O)CC1. The van der Waals surface area contributed by atoms with Gasteiger partial charge in [0.25, 0.3) is 0 Å². The van der Waals surface area contributed by atoms with Crippen molar-refractivity contribution in [2.24, 2.45) is 0 Å². The number of hydrogen-bond donors (Lipinski definition) is 2. The van der Waals surface area contributed by atoms with Crippen molar-refractivity contribution in [3.05, 3.63) is 36.5 Å². The molecule has 1 aliphatic heterocycles. The highest BCUT2D eigenvalue weighted by Gasteiger charge is 2.40. The topological polar surface area (TPSA) is 109 Å². The highest BCUT2D eigenvalue weighted by Crippen LogP contribution is 2.22. The lowest BCUT2D eigenvalue weighted by molar-refractivity contribution is -0.165. The molecule has 0 radical (unpaired) electrons. The minimum atomic E-state index is -1.73. The molecule has 1 aromatic carbocycles. The first-order chi connectivity index (χ1) is 11.5. The van der Waals surface area contributed by atoms with E-state index in [1.54, 1.807) is 11.1 Å². The van der Waals surface area contributed by atoms with Crippen molar-refractivity contribution < 1.29 is 19.8 Å². The summed E-state index contributed by atoms with van der Waals surface area (Å²) in [6, 6.07) is 9.53. The third-order valence-electron chi connectivity index (χ3n) is 4.25. The predicted octanol–water partition coefficient (Wildman–Crippen LogP) is 0.383. The Morgan fingerprint density at radius 1 is 1.17 bits per heavy atom. The van der Waals surface area contributed by atoms with Crippen molar-refractivity contribution in [2.75, 3.05) is 13.1 Å². The maximum absolute atomic E-state index is 12.3. The van der Waals surface area contributed by atoms with Crippen LogP contribution in [0.4, 0.5) is 0 Å². The average molecular weight is 330 g/mol. The molecule has 3 rings (SSSR count). The minimum Gasteiger partial charge on any atom is -0.479 e. The first-order valence-corrected chi connectivity index (χ1v) is 7.67. The summed E-state index contributed by atoms with van der Waals surface area (Å²) in [5.41, 5.74) is -0.132. The molecule has 0 spiro atoms. The number of benzene rings is 1.